The molecule has 0 saturated heterocycles. The average molecular weight is 269 g/mol. The molecule has 1 rings (SSSR count). The summed E-state index contributed by atoms with van der Waals surface area (Å²) in [5.74, 6) is 0.315. The number of β-amino-alcohol motifs (C(OH)–C–C–N with tert-alkyl or cyclic N) is 1. The summed E-state index contributed by atoms with van der Waals surface area (Å²) < 4.78 is 5.36. The molecule has 18 heavy (non-hydrogen) atoms. The van der Waals surface area contributed by atoms with Crippen LogP contribution >= 0.6 is 11.3 Å². The van der Waals surface area contributed by atoms with Gasteiger partial charge in [-0.3, -0.25) is 0 Å². The minimum absolute atomic E-state index is 0.0456. The van der Waals surface area contributed by atoms with Crippen LogP contribution in [0.2, 0.25) is 0 Å². The third-order valence-corrected chi connectivity index (χ3v) is 2.94. The van der Waals surface area contributed by atoms with E-state index in [2.05, 4.69) is 10.3 Å². The topological polar surface area (TPSA) is 78.2 Å². The second-order valence-corrected chi connectivity index (χ2v) is 6.28. The Bertz CT molecular complexity index is 432. The van der Waals surface area contributed by atoms with Crippen LogP contribution < -0.4 is 10.1 Å². The lowest BCUT2D eigenvalue weighted by molar-refractivity contribution is 0.0979. The highest BCUT2D eigenvalue weighted by Crippen LogP contribution is 2.23. The molecule has 0 unspecified atom stereocenters. The number of aliphatic hydroxyl groups is 1. The van der Waals surface area contributed by atoms with Gasteiger partial charge in [0.25, 0.3) is 0 Å². The molecule has 6 heteroatoms. The van der Waals surface area contributed by atoms with Crippen molar-refractivity contribution in [3.05, 3.63) is 9.88 Å². The Morgan fingerprint density at radius 3 is 2.78 bits per heavy atom. The van der Waals surface area contributed by atoms with Gasteiger partial charge in [-0.15, -0.1) is 11.3 Å². The van der Waals surface area contributed by atoms with Gasteiger partial charge in [0.1, 0.15) is 18.8 Å². The maximum atomic E-state index is 9.75. The monoisotopic (exact) mass is 269 g/mol. The molecule has 2 N–H and O–H groups in total. The molecule has 1 aromatic heterocycles. The first-order valence-electron chi connectivity index (χ1n) is 5.75. The summed E-state index contributed by atoms with van der Waals surface area (Å²) in [5, 5.41) is 22.6. The van der Waals surface area contributed by atoms with Crippen molar-refractivity contribution in [1.82, 2.24) is 10.3 Å². The highest BCUT2D eigenvalue weighted by Gasteiger charge is 2.15. The molecular weight excluding hydrogens is 250 g/mol. The van der Waals surface area contributed by atoms with Crippen LogP contribution in [0.15, 0.2) is 0 Å². The number of aliphatic hydroxyl groups excluding tert-OH is 1. The fourth-order valence-electron chi connectivity index (χ4n) is 1.23. The van der Waals surface area contributed by atoms with E-state index in [0.29, 0.717) is 17.3 Å². The van der Waals surface area contributed by atoms with Crippen molar-refractivity contribution in [1.29, 1.82) is 5.26 Å². The summed E-state index contributed by atoms with van der Waals surface area (Å²) >= 11 is 1.29. The molecular formula is C12H19N3O2S. The van der Waals surface area contributed by atoms with Crippen molar-refractivity contribution >= 4 is 11.3 Å². The number of hydrogen-bond donors (Lipinski definition) is 2. The Morgan fingerprint density at radius 1 is 1.56 bits per heavy atom. The van der Waals surface area contributed by atoms with Gasteiger partial charge in [-0.25, -0.2) is 4.98 Å². The lowest BCUT2D eigenvalue weighted by Crippen LogP contribution is -2.42. The summed E-state index contributed by atoms with van der Waals surface area (Å²) in [5.41, 5.74) is -0.0456. The highest BCUT2D eigenvalue weighted by atomic mass is 32.1. The fourth-order valence-corrected chi connectivity index (χ4v) is 1.90. The minimum atomic E-state index is -0.627. The molecule has 0 saturated carbocycles. The Kier molecular flexibility index (Phi) is 5.08. The normalized spacial score (nSPS) is 13.1. The van der Waals surface area contributed by atoms with E-state index >= 15 is 0 Å². The van der Waals surface area contributed by atoms with Gasteiger partial charge in [-0.05, 0) is 27.7 Å². The maximum Gasteiger partial charge on any atom is 0.243 e. The Hall–Kier alpha value is -1.16. The Labute approximate surface area is 111 Å². The Balaban J connectivity index is 2.43. The molecule has 0 aromatic carbocycles. The van der Waals surface area contributed by atoms with Crippen LogP contribution in [0, 0.1) is 18.3 Å². The smallest absolute Gasteiger partial charge is 0.243 e. The average Bonchev–Trinajstić information content (AvgIpc) is 2.63. The third-order valence-electron chi connectivity index (χ3n) is 2.09. The first kappa shape index (κ1) is 14.9. The van der Waals surface area contributed by atoms with E-state index in [1.807, 2.05) is 33.8 Å². The Morgan fingerprint density at radius 2 is 2.22 bits per heavy atom. The van der Waals surface area contributed by atoms with Gasteiger partial charge in [0.2, 0.25) is 5.88 Å². The number of ether oxygens (including phenoxy) is 1. The van der Waals surface area contributed by atoms with Gasteiger partial charge in [-0.1, -0.05) is 0 Å². The number of nitrogens with one attached hydrogen (secondary N) is 1. The number of aromatic nitrogens is 1. The summed E-state index contributed by atoms with van der Waals surface area (Å²) in [6.07, 6.45) is -0.627. The molecule has 0 bridgehead atoms. The van der Waals surface area contributed by atoms with Crippen molar-refractivity contribution in [2.75, 3.05) is 13.2 Å². The van der Waals surface area contributed by atoms with Gasteiger partial charge in [0.05, 0.1) is 5.01 Å². The second kappa shape index (κ2) is 6.14. The predicted octanol–water partition coefficient (Wildman–Crippen LogP) is 1.45. The number of hydrogen-bond acceptors (Lipinski definition) is 6. The summed E-state index contributed by atoms with van der Waals surface area (Å²) in [6, 6.07) is 2.03. The molecule has 0 radical (unpaired) electrons. The summed E-state index contributed by atoms with van der Waals surface area (Å²) in [7, 11) is 0. The number of nitriles is 1. The molecule has 5 nitrogen and oxygen atoms in total. The number of thiazole rings is 1. The first-order valence-corrected chi connectivity index (χ1v) is 6.57. The molecule has 0 aliphatic carbocycles. The zero-order chi connectivity index (χ0) is 13.8. The highest BCUT2D eigenvalue weighted by molar-refractivity contribution is 7.12. The summed E-state index contributed by atoms with van der Waals surface area (Å²) in [6.45, 7) is 8.46. The zero-order valence-corrected chi connectivity index (χ0v) is 12.0. The quantitative estimate of drug-likeness (QED) is 0.846. The van der Waals surface area contributed by atoms with Gasteiger partial charge in [0, 0.05) is 12.1 Å². The molecule has 1 heterocycles. The minimum Gasteiger partial charge on any atom is -0.473 e. The SMILES string of the molecule is Cc1nc(OC[C@@H](O)CNC(C)(C)C)c(C#N)s1. The third kappa shape index (κ3) is 5.00. The molecule has 0 aliphatic rings. The van der Waals surface area contributed by atoms with Crippen molar-refractivity contribution in [2.45, 2.75) is 39.3 Å². The molecule has 100 valence electrons. The van der Waals surface area contributed by atoms with Crippen LogP contribution in [0.3, 0.4) is 0 Å². The van der Waals surface area contributed by atoms with Crippen LogP contribution in [0.25, 0.3) is 0 Å². The lowest BCUT2D eigenvalue weighted by atomic mass is 10.1. The van der Waals surface area contributed by atoms with Gasteiger partial charge < -0.3 is 15.2 Å². The first-order chi connectivity index (χ1) is 8.31. The largest absolute Gasteiger partial charge is 0.473 e. The van der Waals surface area contributed by atoms with E-state index < -0.39 is 6.10 Å². The molecule has 0 fully saturated rings. The van der Waals surface area contributed by atoms with Crippen LogP contribution in [-0.2, 0) is 0 Å². The van der Waals surface area contributed by atoms with Gasteiger partial charge >= 0.3 is 0 Å². The van der Waals surface area contributed by atoms with Crippen molar-refractivity contribution in [3.63, 3.8) is 0 Å². The second-order valence-electron chi connectivity index (χ2n) is 5.07. The van der Waals surface area contributed by atoms with Crippen molar-refractivity contribution in [2.24, 2.45) is 0 Å². The van der Waals surface area contributed by atoms with E-state index in [4.69, 9.17) is 10.00 Å². The number of rotatable bonds is 5. The van der Waals surface area contributed by atoms with Crippen LogP contribution in [0.5, 0.6) is 5.88 Å². The standard InChI is InChI=1S/C12H19N3O2S/c1-8-15-11(10(5-13)18-8)17-7-9(16)6-14-12(2,3)4/h9,14,16H,6-7H2,1-4H3/t9-/m0/s1. The molecule has 0 aliphatic heterocycles. The maximum absolute atomic E-state index is 9.75. The van der Waals surface area contributed by atoms with Gasteiger partial charge in [0.15, 0.2) is 4.88 Å². The number of aryl methyl sites for hydroxylation is 1. The molecule has 0 spiro atoms. The van der Waals surface area contributed by atoms with E-state index in [9.17, 15) is 5.11 Å². The van der Waals surface area contributed by atoms with E-state index in [1.165, 1.54) is 11.3 Å². The predicted molar refractivity (Wildman–Crippen MR) is 70.8 cm³/mol. The number of nitrogens with zero attached hydrogens (tertiary/aromatic N) is 2. The van der Waals surface area contributed by atoms with Crippen molar-refractivity contribution in [3.8, 4) is 11.9 Å². The van der Waals surface area contributed by atoms with E-state index in [0.717, 1.165) is 5.01 Å². The molecule has 1 atom stereocenters. The summed E-state index contributed by atoms with van der Waals surface area (Å²) in [4.78, 5) is 4.55. The zero-order valence-electron chi connectivity index (χ0n) is 11.1. The fraction of sp³-hybridized carbons (Fsp3) is 0.667. The van der Waals surface area contributed by atoms with Crippen LogP contribution in [-0.4, -0.2) is 34.9 Å². The van der Waals surface area contributed by atoms with Crippen LogP contribution in [0.1, 0.15) is 30.7 Å². The van der Waals surface area contributed by atoms with Gasteiger partial charge in [-0.2, -0.15) is 5.26 Å². The van der Waals surface area contributed by atoms with E-state index in [-0.39, 0.29) is 12.1 Å². The lowest BCUT2D eigenvalue weighted by Gasteiger charge is -2.22. The van der Waals surface area contributed by atoms with E-state index in [1.54, 1.807) is 0 Å². The van der Waals surface area contributed by atoms with Crippen molar-refractivity contribution < 1.29 is 9.84 Å². The molecule has 1 aromatic rings. The molecule has 0 amide bonds. The van der Waals surface area contributed by atoms with Crippen LogP contribution in [0.4, 0.5) is 0 Å².